The molecule has 134 valence electrons. The molecule has 2 rings (SSSR count). The summed E-state index contributed by atoms with van der Waals surface area (Å²) in [6, 6.07) is 8.19. The Hall–Kier alpha value is -2.28. The van der Waals surface area contributed by atoms with Crippen LogP contribution in [0.3, 0.4) is 0 Å². The van der Waals surface area contributed by atoms with Crippen molar-refractivity contribution in [2.24, 2.45) is 0 Å². The molecular formula is C17H14ClF4NO2. The number of rotatable bonds is 5. The SMILES string of the molecule is CN(Cc1c(F)cccc1Cl)C(=O)COc1ccc(C(F)(F)F)cc1. The fraction of sp³-hybridized carbons (Fsp3) is 0.235. The molecule has 0 radical (unpaired) electrons. The van der Waals surface area contributed by atoms with E-state index in [1.54, 1.807) is 0 Å². The molecule has 0 saturated heterocycles. The zero-order valence-electron chi connectivity index (χ0n) is 13.1. The van der Waals surface area contributed by atoms with E-state index >= 15 is 0 Å². The van der Waals surface area contributed by atoms with E-state index in [1.807, 2.05) is 0 Å². The van der Waals surface area contributed by atoms with Gasteiger partial charge in [-0.15, -0.1) is 0 Å². The Morgan fingerprint density at radius 1 is 1.16 bits per heavy atom. The molecule has 0 aliphatic rings. The summed E-state index contributed by atoms with van der Waals surface area (Å²) < 4.78 is 56.3. The van der Waals surface area contributed by atoms with Gasteiger partial charge in [0.15, 0.2) is 6.61 Å². The minimum Gasteiger partial charge on any atom is -0.484 e. The summed E-state index contributed by atoms with van der Waals surface area (Å²) >= 11 is 5.90. The maximum Gasteiger partial charge on any atom is 0.416 e. The number of nitrogens with zero attached hydrogens (tertiary/aromatic N) is 1. The summed E-state index contributed by atoms with van der Waals surface area (Å²) in [4.78, 5) is 13.2. The third-order valence-electron chi connectivity index (χ3n) is 3.43. The third kappa shape index (κ3) is 5.09. The molecule has 1 amide bonds. The van der Waals surface area contributed by atoms with Gasteiger partial charge < -0.3 is 9.64 Å². The van der Waals surface area contributed by atoms with Gasteiger partial charge in [-0.1, -0.05) is 17.7 Å². The number of ether oxygens (including phenoxy) is 1. The average molecular weight is 376 g/mol. The van der Waals surface area contributed by atoms with Gasteiger partial charge in [-0.25, -0.2) is 4.39 Å². The highest BCUT2D eigenvalue weighted by atomic mass is 35.5. The van der Waals surface area contributed by atoms with Crippen LogP contribution in [0.5, 0.6) is 5.75 Å². The number of halogens is 5. The second-order valence-electron chi connectivity index (χ2n) is 5.26. The lowest BCUT2D eigenvalue weighted by Crippen LogP contribution is -2.31. The van der Waals surface area contributed by atoms with E-state index in [9.17, 15) is 22.4 Å². The van der Waals surface area contributed by atoms with Crippen molar-refractivity contribution in [3.63, 3.8) is 0 Å². The van der Waals surface area contributed by atoms with E-state index in [0.29, 0.717) is 0 Å². The summed E-state index contributed by atoms with van der Waals surface area (Å²) in [6.07, 6.45) is -4.44. The van der Waals surface area contributed by atoms with Gasteiger partial charge in [0, 0.05) is 24.2 Å². The van der Waals surface area contributed by atoms with Crippen LogP contribution in [0.25, 0.3) is 0 Å². The number of hydrogen-bond donors (Lipinski definition) is 0. The van der Waals surface area contributed by atoms with Crippen molar-refractivity contribution in [1.82, 2.24) is 4.90 Å². The van der Waals surface area contributed by atoms with Gasteiger partial charge in [0.05, 0.1) is 5.56 Å². The molecule has 2 aromatic carbocycles. The molecule has 0 aliphatic carbocycles. The van der Waals surface area contributed by atoms with E-state index in [0.717, 1.165) is 24.3 Å². The second kappa shape index (κ2) is 7.74. The molecule has 0 N–H and O–H groups in total. The quantitative estimate of drug-likeness (QED) is 0.718. The van der Waals surface area contributed by atoms with E-state index in [1.165, 1.54) is 30.1 Å². The molecule has 0 fully saturated rings. The fourth-order valence-corrected chi connectivity index (χ4v) is 2.23. The molecule has 3 nitrogen and oxygen atoms in total. The van der Waals surface area contributed by atoms with Crippen molar-refractivity contribution in [3.05, 3.63) is 64.4 Å². The van der Waals surface area contributed by atoms with Crippen LogP contribution in [0.1, 0.15) is 11.1 Å². The standard InChI is InChI=1S/C17H14ClF4NO2/c1-23(9-13-14(18)3-2-4-15(13)19)16(24)10-25-12-7-5-11(6-8-12)17(20,21)22/h2-8H,9-10H2,1H3. The average Bonchev–Trinajstić information content (AvgIpc) is 2.55. The monoisotopic (exact) mass is 375 g/mol. The second-order valence-corrected chi connectivity index (χ2v) is 5.67. The summed E-state index contributed by atoms with van der Waals surface area (Å²) in [5.74, 6) is -0.881. The van der Waals surface area contributed by atoms with Crippen LogP contribution in [0.15, 0.2) is 42.5 Å². The van der Waals surface area contributed by atoms with Crippen LogP contribution in [-0.2, 0) is 17.5 Å². The van der Waals surface area contributed by atoms with Crippen LogP contribution in [-0.4, -0.2) is 24.5 Å². The summed E-state index contributed by atoms with van der Waals surface area (Å²) in [7, 11) is 1.45. The lowest BCUT2D eigenvalue weighted by Gasteiger charge is -2.18. The summed E-state index contributed by atoms with van der Waals surface area (Å²) in [5.41, 5.74) is -0.632. The van der Waals surface area contributed by atoms with Gasteiger partial charge >= 0.3 is 6.18 Å². The molecule has 0 aliphatic heterocycles. The smallest absolute Gasteiger partial charge is 0.416 e. The highest BCUT2D eigenvalue weighted by molar-refractivity contribution is 6.31. The molecule has 2 aromatic rings. The van der Waals surface area contributed by atoms with Crippen molar-refractivity contribution >= 4 is 17.5 Å². The lowest BCUT2D eigenvalue weighted by molar-refractivity contribution is -0.137. The Bertz CT molecular complexity index is 727. The highest BCUT2D eigenvalue weighted by Gasteiger charge is 2.30. The van der Waals surface area contributed by atoms with Crippen LogP contribution in [0, 0.1) is 5.82 Å². The maximum atomic E-state index is 13.7. The van der Waals surface area contributed by atoms with Crippen molar-refractivity contribution in [3.8, 4) is 5.75 Å². The Balaban J connectivity index is 1.93. The van der Waals surface area contributed by atoms with E-state index in [-0.39, 0.29) is 22.9 Å². The maximum absolute atomic E-state index is 13.7. The first kappa shape index (κ1) is 19.1. The molecule has 8 heteroatoms. The van der Waals surface area contributed by atoms with E-state index in [2.05, 4.69) is 0 Å². The third-order valence-corrected chi connectivity index (χ3v) is 3.78. The molecule has 0 unspecified atom stereocenters. The van der Waals surface area contributed by atoms with Gasteiger partial charge in [-0.05, 0) is 36.4 Å². The number of amides is 1. The number of hydrogen-bond acceptors (Lipinski definition) is 2. The zero-order valence-corrected chi connectivity index (χ0v) is 13.9. The fourth-order valence-electron chi connectivity index (χ4n) is 2.00. The predicted octanol–water partition coefficient (Wildman–Crippen LogP) is 4.54. The Labute approximate surface area is 146 Å². The Morgan fingerprint density at radius 2 is 1.80 bits per heavy atom. The van der Waals surface area contributed by atoms with Crippen LogP contribution < -0.4 is 4.74 Å². The first-order chi connectivity index (χ1) is 11.7. The predicted molar refractivity (Wildman–Crippen MR) is 84.8 cm³/mol. The van der Waals surface area contributed by atoms with E-state index < -0.39 is 30.1 Å². The minimum atomic E-state index is -4.44. The number of carbonyl (C=O) groups excluding carboxylic acids is 1. The topological polar surface area (TPSA) is 29.5 Å². The van der Waals surface area contributed by atoms with Gasteiger partial charge in [-0.3, -0.25) is 4.79 Å². The number of benzene rings is 2. The Morgan fingerprint density at radius 3 is 2.36 bits per heavy atom. The molecule has 0 aromatic heterocycles. The highest BCUT2D eigenvalue weighted by Crippen LogP contribution is 2.30. The van der Waals surface area contributed by atoms with Gasteiger partial charge in [0.2, 0.25) is 0 Å². The van der Waals surface area contributed by atoms with Crippen LogP contribution in [0.4, 0.5) is 17.6 Å². The first-order valence-corrected chi connectivity index (χ1v) is 7.53. The number of carbonyl (C=O) groups is 1. The molecule has 25 heavy (non-hydrogen) atoms. The van der Waals surface area contributed by atoms with Crippen LogP contribution >= 0.6 is 11.6 Å². The lowest BCUT2D eigenvalue weighted by atomic mass is 10.2. The summed E-state index contributed by atoms with van der Waals surface area (Å²) in [5, 5.41) is 0.198. The van der Waals surface area contributed by atoms with Crippen LogP contribution in [0.2, 0.25) is 5.02 Å². The largest absolute Gasteiger partial charge is 0.484 e. The Kier molecular flexibility index (Phi) is 5.89. The molecule has 0 spiro atoms. The van der Waals surface area contributed by atoms with Crippen molar-refractivity contribution in [2.45, 2.75) is 12.7 Å². The van der Waals surface area contributed by atoms with E-state index in [4.69, 9.17) is 16.3 Å². The van der Waals surface area contributed by atoms with Crippen molar-refractivity contribution in [2.75, 3.05) is 13.7 Å². The zero-order chi connectivity index (χ0) is 18.6. The molecule has 0 bridgehead atoms. The van der Waals surface area contributed by atoms with Gasteiger partial charge in [0.25, 0.3) is 5.91 Å². The van der Waals surface area contributed by atoms with Crippen molar-refractivity contribution < 1.29 is 27.1 Å². The number of alkyl halides is 3. The van der Waals surface area contributed by atoms with Crippen molar-refractivity contribution in [1.29, 1.82) is 0 Å². The first-order valence-electron chi connectivity index (χ1n) is 7.15. The molecule has 0 atom stereocenters. The molecule has 0 heterocycles. The van der Waals surface area contributed by atoms with Gasteiger partial charge in [0.1, 0.15) is 11.6 Å². The minimum absolute atomic E-state index is 0.0548. The summed E-state index contributed by atoms with van der Waals surface area (Å²) in [6.45, 7) is -0.450. The molecule has 0 saturated carbocycles. The normalized spacial score (nSPS) is 11.3. The van der Waals surface area contributed by atoms with Gasteiger partial charge in [-0.2, -0.15) is 13.2 Å². The number of likely N-dealkylation sites (N-methyl/N-ethyl adjacent to an activating group) is 1. The molecular weight excluding hydrogens is 362 g/mol.